The van der Waals surface area contributed by atoms with Gasteiger partial charge in [-0.25, -0.2) is 0 Å². The third-order valence-corrected chi connectivity index (χ3v) is 2.48. The fourth-order valence-electron chi connectivity index (χ4n) is 1.80. The molecule has 1 heterocycles. The Morgan fingerprint density at radius 3 is 2.36 bits per heavy atom. The van der Waals surface area contributed by atoms with Gasteiger partial charge in [-0.15, -0.1) is 0 Å². The van der Waals surface area contributed by atoms with E-state index in [2.05, 4.69) is 25.2 Å². The zero-order valence-corrected chi connectivity index (χ0v) is 9.20. The van der Waals surface area contributed by atoms with Gasteiger partial charge in [-0.05, 0) is 6.08 Å². The molecule has 0 N–H and O–H groups in total. The van der Waals surface area contributed by atoms with Crippen LogP contribution in [-0.4, -0.2) is 49.2 Å². The second-order valence-corrected chi connectivity index (χ2v) is 4.22. The van der Waals surface area contributed by atoms with Crippen molar-refractivity contribution in [2.45, 2.75) is 19.7 Å². The number of hydrogen-bond donors (Lipinski definition) is 0. The first-order valence-electron chi connectivity index (χ1n) is 5.27. The van der Waals surface area contributed by atoms with Crippen LogP contribution in [0.25, 0.3) is 0 Å². The molecule has 0 bridgehead atoms. The Morgan fingerprint density at radius 1 is 1.36 bits per heavy atom. The van der Waals surface area contributed by atoms with Crippen molar-refractivity contribution >= 4 is 13.3 Å². The highest BCUT2D eigenvalue weighted by Crippen LogP contribution is 2.06. The predicted molar refractivity (Wildman–Crippen MR) is 60.6 cm³/mol. The number of carbonyl (C=O) groups excluding carboxylic acids is 1. The molecule has 0 unspecified atom stereocenters. The normalized spacial score (nSPS) is 18.4. The lowest BCUT2D eigenvalue weighted by Gasteiger charge is -2.34. The maximum Gasteiger partial charge on any atom is 0.246 e. The Bertz CT molecular complexity index is 210. The summed E-state index contributed by atoms with van der Waals surface area (Å²) in [4.78, 5) is 15.6. The molecule has 0 aliphatic carbocycles. The van der Waals surface area contributed by atoms with E-state index < -0.39 is 0 Å². The Morgan fingerprint density at radius 2 is 1.93 bits per heavy atom. The van der Waals surface area contributed by atoms with Crippen molar-refractivity contribution in [3.05, 3.63) is 12.7 Å². The molecular formula is C10H19BN2O. The molecular weight excluding hydrogens is 175 g/mol. The van der Waals surface area contributed by atoms with E-state index in [1.54, 1.807) is 0 Å². The summed E-state index contributed by atoms with van der Waals surface area (Å²) < 4.78 is 0. The molecule has 4 heteroatoms. The highest BCUT2D eigenvalue weighted by atomic mass is 16.2. The number of piperazine rings is 1. The van der Waals surface area contributed by atoms with Gasteiger partial charge in [0.15, 0.2) is 0 Å². The Kier molecular flexibility index (Phi) is 4.20. The van der Waals surface area contributed by atoms with E-state index in [-0.39, 0.29) is 5.91 Å². The van der Waals surface area contributed by atoms with Gasteiger partial charge in [-0.2, -0.15) is 0 Å². The average Bonchev–Trinajstić information content (AvgIpc) is 2.17. The van der Waals surface area contributed by atoms with Gasteiger partial charge in [0, 0.05) is 26.2 Å². The molecule has 0 saturated carbocycles. The average molecular weight is 194 g/mol. The minimum atomic E-state index is 0.0641. The molecule has 3 nitrogen and oxygen atoms in total. The summed E-state index contributed by atoms with van der Waals surface area (Å²) in [6, 6.07) is 0. The molecule has 1 saturated heterocycles. The molecule has 0 radical (unpaired) electrons. The number of nitrogens with zero attached hydrogens (tertiary/aromatic N) is 2. The van der Waals surface area contributed by atoms with Gasteiger partial charge in [0.1, 0.15) is 0 Å². The summed E-state index contributed by atoms with van der Waals surface area (Å²) in [6.45, 7) is 11.6. The summed E-state index contributed by atoms with van der Waals surface area (Å²) in [5.74, 6) is 0.769. The monoisotopic (exact) mass is 194 g/mol. The van der Waals surface area contributed by atoms with Crippen molar-refractivity contribution in [2.24, 2.45) is 0 Å². The van der Waals surface area contributed by atoms with Gasteiger partial charge in [-0.1, -0.05) is 26.2 Å². The van der Waals surface area contributed by atoms with Crippen molar-refractivity contribution in [2.75, 3.05) is 26.2 Å². The second kappa shape index (κ2) is 5.20. The van der Waals surface area contributed by atoms with E-state index in [4.69, 9.17) is 0 Å². The molecule has 0 spiro atoms. The van der Waals surface area contributed by atoms with Crippen molar-refractivity contribution < 1.29 is 4.79 Å². The van der Waals surface area contributed by atoms with Crippen LogP contribution in [-0.2, 0) is 4.79 Å². The Labute approximate surface area is 87.0 Å². The predicted octanol–water partition coefficient (Wildman–Crippen LogP) is 0.496. The number of amides is 1. The second-order valence-electron chi connectivity index (χ2n) is 4.22. The fourth-order valence-corrected chi connectivity index (χ4v) is 1.80. The van der Waals surface area contributed by atoms with E-state index in [1.807, 2.05) is 4.90 Å². The molecule has 0 aromatic heterocycles. The Balaban J connectivity index is 2.31. The summed E-state index contributed by atoms with van der Waals surface area (Å²) in [5, 5.41) is 0. The minimum absolute atomic E-state index is 0.0641. The van der Waals surface area contributed by atoms with Crippen LogP contribution in [0.15, 0.2) is 12.7 Å². The minimum Gasteiger partial charge on any atom is -0.342 e. The summed E-state index contributed by atoms with van der Waals surface area (Å²) in [5.41, 5.74) is 0. The fraction of sp³-hybridized carbons (Fsp3) is 0.700. The molecule has 0 atom stereocenters. The van der Waals surface area contributed by atoms with Crippen LogP contribution < -0.4 is 0 Å². The first-order chi connectivity index (χ1) is 6.63. The smallest absolute Gasteiger partial charge is 0.246 e. The van der Waals surface area contributed by atoms with Crippen LogP contribution in [0.4, 0.5) is 0 Å². The molecule has 1 fully saturated rings. The van der Waals surface area contributed by atoms with E-state index >= 15 is 0 Å². The quantitative estimate of drug-likeness (QED) is 0.482. The van der Waals surface area contributed by atoms with Gasteiger partial charge in [-0.3, -0.25) is 4.79 Å². The first kappa shape index (κ1) is 11.3. The van der Waals surface area contributed by atoms with E-state index in [0.29, 0.717) is 5.82 Å². The maximum absolute atomic E-state index is 11.3. The highest BCUT2D eigenvalue weighted by molar-refractivity contribution is 6.33. The van der Waals surface area contributed by atoms with Crippen molar-refractivity contribution in [1.29, 1.82) is 0 Å². The third-order valence-electron chi connectivity index (χ3n) is 2.48. The molecule has 1 amide bonds. The van der Waals surface area contributed by atoms with Crippen LogP contribution in [0.2, 0.25) is 5.82 Å². The summed E-state index contributed by atoms with van der Waals surface area (Å²) in [7, 11) is 1.14. The third kappa shape index (κ3) is 3.18. The molecule has 14 heavy (non-hydrogen) atoms. The number of rotatable bonds is 3. The van der Waals surface area contributed by atoms with Crippen molar-refractivity contribution in [3.8, 4) is 0 Å². The molecule has 0 aromatic carbocycles. The molecule has 0 aromatic rings. The van der Waals surface area contributed by atoms with Crippen LogP contribution >= 0.6 is 0 Å². The lowest BCUT2D eigenvalue weighted by atomic mass is 9.76. The van der Waals surface area contributed by atoms with Crippen molar-refractivity contribution in [1.82, 2.24) is 9.71 Å². The van der Waals surface area contributed by atoms with E-state index in [0.717, 1.165) is 33.6 Å². The van der Waals surface area contributed by atoms with Crippen LogP contribution in [0.1, 0.15) is 13.8 Å². The van der Waals surface area contributed by atoms with Crippen LogP contribution in [0, 0.1) is 0 Å². The first-order valence-corrected chi connectivity index (χ1v) is 5.27. The molecule has 1 rings (SSSR count). The topological polar surface area (TPSA) is 23.6 Å². The highest BCUT2D eigenvalue weighted by Gasteiger charge is 2.19. The Hall–Kier alpha value is -0.765. The zero-order chi connectivity index (χ0) is 10.6. The van der Waals surface area contributed by atoms with Crippen molar-refractivity contribution in [3.63, 3.8) is 0 Å². The van der Waals surface area contributed by atoms with Gasteiger partial charge in [0.25, 0.3) is 0 Å². The SMILES string of the molecule is C=CC(=O)N1CCN(BC(C)C)CC1. The largest absolute Gasteiger partial charge is 0.342 e. The van der Waals surface area contributed by atoms with Gasteiger partial charge in [0.2, 0.25) is 13.3 Å². The van der Waals surface area contributed by atoms with Gasteiger partial charge in [0.05, 0.1) is 0 Å². The number of carbonyl (C=O) groups is 1. The van der Waals surface area contributed by atoms with Crippen LogP contribution in [0.5, 0.6) is 0 Å². The molecule has 78 valence electrons. The van der Waals surface area contributed by atoms with Gasteiger partial charge < -0.3 is 9.71 Å². The summed E-state index contributed by atoms with van der Waals surface area (Å²) in [6.07, 6.45) is 1.40. The summed E-state index contributed by atoms with van der Waals surface area (Å²) >= 11 is 0. The lowest BCUT2D eigenvalue weighted by Crippen LogP contribution is -2.49. The van der Waals surface area contributed by atoms with Crippen LogP contribution in [0.3, 0.4) is 0 Å². The maximum atomic E-state index is 11.3. The molecule has 1 aliphatic heterocycles. The lowest BCUT2D eigenvalue weighted by molar-refractivity contribution is -0.127. The van der Waals surface area contributed by atoms with E-state index in [1.165, 1.54) is 6.08 Å². The van der Waals surface area contributed by atoms with E-state index in [9.17, 15) is 4.79 Å². The number of hydrogen-bond acceptors (Lipinski definition) is 2. The molecule has 1 aliphatic rings. The van der Waals surface area contributed by atoms with Gasteiger partial charge >= 0.3 is 0 Å². The standard InChI is InChI=1S/C10H19BN2O/c1-4-10(14)12-5-7-13(8-6-12)11-9(2)3/h4,9,11H,1,5-8H2,2-3H3. The zero-order valence-electron chi connectivity index (χ0n) is 9.20.